The molecule has 0 atom stereocenters. The number of hydrogen-bond donors (Lipinski definition) is 0. The second kappa shape index (κ2) is 4.06. The van der Waals surface area contributed by atoms with Crippen LogP contribution in [0.4, 0.5) is 0 Å². The maximum atomic E-state index is 5.78. The van der Waals surface area contributed by atoms with Crippen molar-refractivity contribution in [3.8, 4) is 0 Å². The van der Waals surface area contributed by atoms with Gasteiger partial charge in [-0.05, 0) is 29.7 Å². The molecule has 0 saturated carbocycles. The first-order valence-corrected chi connectivity index (χ1v) is 5.01. The lowest BCUT2D eigenvalue weighted by Gasteiger charge is -2.03. The average Bonchev–Trinajstić information content (AvgIpc) is 2.08. The molecule has 0 radical (unpaired) electrons. The van der Waals surface area contributed by atoms with E-state index in [-0.39, 0.29) is 0 Å². The van der Waals surface area contributed by atoms with E-state index in [2.05, 4.69) is 27.5 Å². The summed E-state index contributed by atoms with van der Waals surface area (Å²) in [7, 11) is 0. The first-order chi connectivity index (χ1) is 5.65. The second-order valence-electron chi connectivity index (χ2n) is 2.57. The van der Waals surface area contributed by atoms with Gasteiger partial charge in [0.25, 0.3) is 0 Å². The molecule has 1 rings (SSSR count). The molecule has 1 nitrogen and oxygen atoms in total. The Kier molecular flexibility index (Phi) is 3.29. The average molecular weight is 247 g/mol. The van der Waals surface area contributed by atoms with Crippen LogP contribution < -0.4 is 0 Å². The molecule has 0 aromatic carbocycles. The number of allylic oxidation sites excluding steroid dienone is 1. The van der Waals surface area contributed by atoms with E-state index < -0.39 is 0 Å². The van der Waals surface area contributed by atoms with Crippen LogP contribution >= 0.6 is 27.5 Å². The van der Waals surface area contributed by atoms with Gasteiger partial charge in [-0.25, -0.2) is 4.98 Å². The molecule has 0 aliphatic carbocycles. The second-order valence-corrected chi connectivity index (χ2v) is 3.49. The topological polar surface area (TPSA) is 12.9 Å². The molecule has 0 amide bonds. The molecule has 0 unspecified atom stereocenters. The van der Waals surface area contributed by atoms with E-state index in [1.54, 1.807) is 6.20 Å². The Balaban J connectivity index is 3.05. The van der Waals surface area contributed by atoms with E-state index in [0.717, 1.165) is 22.0 Å². The summed E-state index contributed by atoms with van der Waals surface area (Å²) >= 11 is 9.11. The number of rotatable bonds is 2. The van der Waals surface area contributed by atoms with Crippen LogP contribution in [-0.2, 0) is 0 Å². The predicted octanol–water partition coefficient (Wildman–Crippen LogP) is 3.45. The van der Waals surface area contributed by atoms with Crippen LogP contribution in [0.1, 0.15) is 11.1 Å². The van der Waals surface area contributed by atoms with Gasteiger partial charge < -0.3 is 0 Å². The Morgan fingerprint density at radius 1 is 1.75 bits per heavy atom. The molecule has 0 N–H and O–H groups in total. The van der Waals surface area contributed by atoms with E-state index >= 15 is 0 Å². The van der Waals surface area contributed by atoms with Crippen LogP contribution in [0.5, 0.6) is 0 Å². The van der Waals surface area contributed by atoms with Gasteiger partial charge in [0.2, 0.25) is 0 Å². The minimum atomic E-state index is 0.557. The standard InChI is InChI=1S/C9H9BrClN/c1-6-3-8(7(2)4-10)5-12-9(6)11/h3,5H,2,4H2,1H3. The lowest BCUT2D eigenvalue weighted by atomic mass is 10.1. The molecule has 3 heteroatoms. The highest BCUT2D eigenvalue weighted by molar-refractivity contribution is 9.09. The van der Waals surface area contributed by atoms with Gasteiger partial charge in [0, 0.05) is 11.5 Å². The van der Waals surface area contributed by atoms with Crippen molar-refractivity contribution in [2.75, 3.05) is 5.33 Å². The van der Waals surface area contributed by atoms with Crippen molar-refractivity contribution in [2.24, 2.45) is 0 Å². The van der Waals surface area contributed by atoms with Crippen LogP contribution in [0.3, 0.4) is 0 Å². The molecule has 0 saturated heterocycles. The number of alkyl halides is 1. The Morgan fingerprint density at radius 2 is 2.42 bits per heavy atom. The summed E-state index contributed by atoms with van der Waals surface area (Å²) in [6.07, 6.45) is 1.74. The van der Waals surface area contributed by atoms with Crippen LogP contribution in [-0.4, -0.2) is 10.3 Å². The zero-order chi connectivity index (χ0) is 9.14. The number of hydrogen-bond acceptors (Lipinski definition) is 1. The van der Waals surface area contributed by atoms with Gasteiger partial charge in [-0.15, -0.1) is 0 Å². The van der Waals surface area contributed by atoms with Crippen molar-refractivity contribution in [2.45, 2.75) is 6.92 Å². The third-order valence-corrected chi connectivity index (χ3v) is 2.66. The van der Waals surface area contributed by atoms with Gasteiger partial charge in [-0.1, -0.05) is 34.1 Å². The number of pyridine rings is 1. The molecular formula is C9H9BrClN. The Labute approximate surface area is 85.6 Å². The van der Waals surface area contributed by atoms with Gasteiger partial charge in [0.15, 0.2) is 0 Å². The molecule has 0 aliphatic heterocycles. The van der Waals surface area contributed by atoms with Crippen molar-refractivity contribution in [3.63, 3.8) is 0 Å². The molecule has 0 aliphatic rings. The van der Waals surface area contributed by atoms with Crippen LogP contribution in [0, 0.1) is 6.92 Å². The van der Waals surface area contributed by atoms with Crippen molar-refractivity contribution >= 4 is 33.1 Å². The van der Waals surface area contributed by atoms with E-state index in [9.17, 15) is 0 Å². The van der Waals surface area contributed by atoms with E-state index in [4.69, 9.17) is 11.6 Å². The normalized spacial score (nSPS) is 9.92. The van der Waals surface area contributed by atoms with Crippen LogP contribution in [0.2, 0.25) is 5.15 Å². The molecule has 12 heavy (non-hydrogen) atoms. The van der Waals surface area contributed by atoms with Gasteiger partial charge >= 0.3 is 0 Å². The van der Waals surface area contributed by atoms with Crippen molar-refractivity contribution in [3.05, 3.63) is 35.1 Å². The number of aryl methyl sites for hydroxylation is 1. The van der Waals surface area contributed by atoms with Crippen molar-refractivity contribution in [1.29, 1.82) is 0 Å². The zero-order valence-electron chi connectivity index (χ0n) is 6.77. The highest BCUT2D eigenvalue weighted by Crippen LogP contribution is 2.18. The van der Waals surface area contributed by atoms with Crippen molar-refractivity contribution < 1.29 is 0 Å². The molecule has 1 aromatic rings. The number of aromatic nitrogens is 1. The summed E-state index contributed by atoms with van der Waals surface area (Å²) in [5, 5.41) is 1.32. The maximum absolute atomic E-state index is 5.78. The van der Waals surface area contributed by atoms with E-state index in [0.29, 0.717) is 5.15 Å². The summed E-state index contributed by atoms with van der Waals surface area (Å²) in [6.45, 7) is 5.82. The third kappa shape index (κ3) is 2.08. The smallest absolute Gasteiger partial charge is 0.131 e. The van der Waals surface area contributed by atoms with Crippen LogP contribution in [0.25, 0.3) is 5.57 Å². The monoisotopic (exact) mass is 245 g/mol. The lowest BCUT2D eigenvalue weighted by molar-refractivity contribution is 1.25. The fourth-order valence-electron chi connectivity index (χ4n) is 0.829. The summed E-state index contributed by atoms with van der Waals surface area (Å²) in [6, 6.07) is 1.99. The summed E-state index contributed by atoms with van der Waals surface area (Å²) in [5.74, 6) is 0. The summed E-state index contributed by atoms with van der Waals surface area (Å²) in [5.41, 5.74) is 3.03. The lowest BCUT2D eigenvalue weighted by Crippen LogP contribution is -1.88. The SMILES string of the molecule is C=C(CBr)c1cnc(Cl)c(C)c1. The first kappa shape index (κ1) is 9.75. The minimum Gasteiger partial charge on any atom is -0.244 e. The van der Waals surface area contributed by atoms with Gasteiger partial charge in [-0.2, -0.15) is 0 Å². The highest BCUT2D eigenvalue weighted by Gasteiger charge is 2.00. The molecule has 64 valence electrons. The Bertz CT molecular complexity index is 309. The first-order valence-electron chi connectivity index (χ1n) is 3.51. The zero-order valence-corrected chi connectivity index (χ0v) is 9.11. The van der Waals surface area contributed by atoms with Gasteiger partial charge in [0.05, 0.1) is 0 Å². The molecular weight excluding hydrogens is 237 g/mol. The van der Waals surface area contributed by atoms with Crippen molar-refractivity contribution in [1.82, 2.24) is 4.98 Å². The Hall–Kier alpha value is -0.340. The fraction of sp³-hybridized carbons (Fsp3) is 0.222. The summed E-state index contributed by atoms with van der Waals surface area (Å²) in [4.78, 5) is 4.03. The quantitative estimate of drug-likeness (QED) is 0.575. The molecule has 1 heterocycles. The number of nitrogens with zero attached hydrogens (tertiary/aromatic N) is 1. The summed E-state index contributed by atoms with van der Waals surface area (Å²) < 4.78 is 0. The van der Waals surface area contributed by atoms with E-state index in [1.165, 1.54) is 0 Å². The molecule has 1 aromatic heterocycles. The largest absolute Gasteiger partial charge is 0.244 e. The maximum Gasteiger partial charge on any atom is 0.131 e. The van der Waals surface area contributed by atoms with E-state index in [1.807, 2.05) is 13.0 Å². The van der Waals surface area contributed by atoms with Gasteiger partial charge in [0.1, 0.15) is 5.15 Å². The van der Waals surface area contributed by atoms with Crippen LogP contribution in [0.15, 0.2) is 18.8 Å². The molecule has 0 fully saturated rings. The minimum absolute atomic E-state index is 0.557. The Morgan fingerprint density at radius 3 is 2.92 bits per heavy atom. The molecule has 0 spiro atoms. The van der Waals surface area contributed by atoms with Gasteiger partial charge in [-0.3, -0.25) is 0 Å². The number of halogens is 2. The fourth-order valence-corrected chi connectivity index (χ4v) is 1.26. The predicted molar refractivity (Wildman–Crippen MR) is 56.8 cm³/mol. The molecule has 0 bridgehead atoms. The highest BCUT2D eigenvalue weighted by atomic mass is 79.9. The third-order valence-electron chi connectivity index (χ3n) is 1.58.